The molecule has 0 saturated carbocycles. The number of carbonyl (C=O) groups excluding carboxylic acids is 1. The van der Waals surface area contributed by atoms with E-state index in [0.717, 1.165) is 22.9 Å². The maximum Gasteiger partial charge on any atom is 0.434 e. The minimum atomic E-state index is -4.73. The summed E-state index contributed by atoms with van der Waals surface area (Å²) in [6.07, 6.45) is -2.97. The van der Waals surface area contributed by atoms with Gasteiger partial charge in [0.05, 0.1) is 17.4 Å². The van der Waals surface area contributed by atoms with E-state index in [4.69, 9.17) is 0 Å². The zero-order chi connectivity index (χ0) is 18.7. The molecule has 0 aliphatic rings. The van der Waals surface area contributed by atoms with Crippen molar-refractivity contribution in [3.8, 4) is 5.69 Å². The van der Waals surface area contributed by atoms with Gasteiger partial charge in [-0.1, -0.05) is 37.3 Å². The Morgan fingerprint density at radius 3 is 2.31 bits per heavy atom. The lowest BCUT2D eigenvalue weighted by Crippen LogP contribution is -2.20. The summed E-state index contributed by atoms with van der Waals surface area (Å²) in [4.78, 5) is 12.4. The Bertz CT molecular complexity index is 900. The Kier molecular flexibility index (Phi) is 4.79. The highest BCUT2D eigenvalue weighted by atomic mass is 19.4. The van der Waals surface area contributed by atoms with Crippen molar-refractivity contribution in [2.24, 2.45) is 0 Å². The lowest BCUT2D eigenvalue weighted by atomic mass is 10.1. The number of benzene rings is 2. The molecule has 0 aliphatic heterocycles. The van der Waals surface area contributed by atoms with Crippen LogP contribution in [0.25, 0.3) is 5.69 Å². The molecule has 1 heterocycles. The summed E-state index contributed by atoms with van der Waals surface area (Å²) in [6, 6.07) is 14.8. The number of rotatable bonds is 4. The molecule has 4 nitrogen and oxygen atoms in total. The van der Waals surface area contributed by atoms with Crippen molar-refractivity contribution >= 4 is 11.6 Å². The predicted molar refractivity (Wildman–Crippen MR) is 92.3 cm³/mol. The SMILES string of the molecule is CCc1ccc(NC(=O)c2cnn(-c3ccccc3)c2C(F)(F)F)cc1. The van der Waals surface area contributed by atoms with Gasteiger partial charge in [-0.3, -0.25) is 4.79 Å². The predicted octanol–water partition coefficient (Wildman–Crippen LogP) is 4.71. The normalized spacial score (nSPS) is 11.4. The Morgan fingerprint density at radius 2 is 1.73 bits per heavy atom. The summed E-state index contributed by atoms with van der Waals surface area (Å²) < 4.78 is 41.5. The fourth-order valence-electron chi connectivity index (χ4n) is 2.57. The van der Waals surface area contributed by atoms with Crippen LogP contribution in [0.3, 0.4) is 0 Å². The topological polar surface area (TPSA) is 46.9 Å². The van der Waals surface area contributed by atoms with Crippen LogP contribution in [0.2, 0.25) is 0 Å². The third-order valence-electron chi connectivity index (χ3n) is 3.90. The molecule has 2 aromatic carbocycles. The first-order valence-electron chi connectivity index (χ1n) is 8.01. The molecule has 7 heteroatoms. The van der Waals surface area contributed by atoms with Crippen molar-refractivity contribution in [1.82, 2.24) is 9.78 Å². The molecule has 0 bridgehead atoms. The molecule has 26 heavy (non-hydrogen) atoms. The standard InChI is InChI=1S/C19H16F3N3O/c1-2-13-8-10-14(11-9-13)24-18(26)16-12-23-25(17(16)19(20,21)22)15-6-4-3-5-7-15/h3-12H,2H2,1H3,(H,24,26). The number of para-hydroxylation sites is 1. The lowest BCUT2D eigenvalue weighted by molar-refractivity contribution is -0.143. The highest BCUT2D eigenvalue weighted by molar-refractivity contribution is 6.05. The van der Waals surface area contributed by atoms with Gasteiger partial charge in [-0.15, -0.1) is 0 Å². The maximum absolute atomic E-state index is 13.6. The van der Waals surface area contributed by atoms with Gasteiger partial charge in [-0.25, -0.2) is 4.68 Å². The molecule has 0 aliphatic carbocycles. The maximum atomic E-state index is 13.6. The van der Waals surface area contributed by atoms with Crippen molar-refractivity contribution in [3.63, 3.8) is 0 Å². The van der Waals surface area contributed by atoms with Crippen LogP contribution in [-0.4, -0.2) is 15.7 Å². The Labute approximate surface area is 148 Å². The van der Waals surface area contributed by atoms with Gasteiger partial charge in [0.2, 0.25) is 0 Å². The van der Waals surface area contributed by atoms with Crippen LogP contribution < -0.4 is 5.32 Å². The molecule has 0 unspecified atom stereocenters. The third-order valence-corrected chi connectivity index (χ3v) is 3.90. The average molecular weight is 359 g/mol. The van der Waals surface area contributed by atoms with Crippen molar-refractivity contribution in [3.05, 3.63) is 77.6 Å². The second-order valence-corrected chi connectivity index (χ2v) is 5.66. The Hall–Kier alpha value is -3.09. The van der Waals surface area contributed by atoms with Crippen LogP contribution in [0.15, 0.2) is 60.8 Å². The molecule has 0 spiro atoms. The molecule has 0 fully saturated rings. The van der Waals surface area contributed by atoms with Gasteiger partial charge in [-0.2, -0.15) is 18.3 Å². The number of nitrogens with one attached hydrogen (secondary N) is 1. The number of anilines is 1. The van der Waals surface area contributed by atoms with E-state index in [0.29, 0.717) is 5.69 Å². The van der Waals surface area contributed by atoms with Crippen molar-refractivity contribution < 1.29 is 18.0 Å². The molecular formula is C19H16F3N3O. The smallest absolute Gasteiger partial charge is 0.322 e. The molecular weight excluding hydrogens is 343 g/mol. The quantitative estimate of drug-likeness (QED) is 0.734. The zero-order valence-corrected chi connectivity index (χ0v) is 13.9. The number of alkyl halides is 3. The van der Waals surface area contributed by atoms with Gasteiger partial charge in [0.25, 0.3) is 5.91 Å². The largest absolute Gasteiger partial charge is 0.434 e. The van der Waals surface area contributed by atoms with Crippen LogP contribution >= 0.6 is 0 Å². The summed E-state index contributed by atoms with van der Waals surface area (Å²) in [6.45, 7) is 1.99. The molecule has 1 N–H and O–H groups in total. The Morgan fingerprint density at radius 1 is 1.08 bits per heavy atom. The van der Waals surface area contributed by atoms with Crippen LogP contribution in [0.5, 0.6) is 0 Å². The van der Waals surface area contributed by atoms with Crippen molar-refractivity contribution in [1.29, 1.82) is 0 Å². The molecule has 0 radical (unpaired) electrons. The van der Waals surface area contributed by atoms with Gasteiger partial charge in [0.15, 0.2) is 5.69 Å². The summed E-state index contributed by atoms with van der Waals surface area (Å²) >= 11 is 0. The number of halogens is 3. The molecule has 1 aromatic heterocycles. The summed E-state index contributed by atoms with van der Waals surface area (Å²) in [5.41, 5.74) is 0.0853. The molecule has 1 amide bonds. The van der Waals surface area contributed by atoms with Gasteiger partial charge in [-0.05, 0) is 36.2 Å². The fourth-order valence-corrected chi connectivity index (χ4v) is 2.57. The molecule has 0 atom stereocenters. The number of aryl methyl sites for hydroxylation is 1. The highest BCUT2D eigenvalue weighted by Crippen LogP contribution is 2.34. The van der Waals surface area contributed by atoms with Crippen LogP contribution in [0, 0.1) is 0 Å². The first kappa shape index (κ1) is 17.7. The van der Waals surface area contributed by atoms with E-state index in [-0.39, 0.29) is 5.69 Å². The second kappa shape index (κ2) is 7.03. The van der Waals surface area contributed by atoms with E-state index in [1.165, 1.54) is 12.1 Å². The minimum Gasteiger partial charge on any atom is -0.322 e. The fraction of sp³-hybridized carbons (Fsp3) is 0.158. The Balaban J connectivity index is 1.96. The molecule has 134 valence electrons. The van der Waals surface area contributed by atoms with Crippen LogP contribution in [-0.2, 0) is 12.6 Å². The molecule has 3 rings (SSSR count). The number of carbonyl (C=O) groups is 1. The molecule has 0 saturated heterocycles. The average Bonchev–Trinajstić information content (AvgIpc) is 3.09. The number of hydrogen-bond donors (Lipinski definition) is 1. The first-order valence-corrected chi connectivity index (χ1v) is 8.01. The number of amides is 1. The van der Waals surface area contributed by atoms with E-state index >= 15 is 0 Å². The summed E-state index contributed by atoms with van der Waals surface area (Å²) in [5, 5.41) is 6.27. The second-order valence-electron chi connectivity index (χ2n) is 5.66. The van der Waals surface area contributed by atoms with Gasteiger partial charge in [0.1, 0.15) is 0 Å². The van der Waals surface area contributed by atoms with Gasteiger partial charge >= 0.3 is 6.18 Å². The lowest BCUT2D eigenvalue weighted by Gasteiger charge is -2.13. The van der Waals surface area contributed by atoms with Gasteiger partial charge in [0, 0.05) is 5.69 Å². The molecule has 3 aromatic rings. The number of hydrogen-bond acceptors (Lipinski definition) is 2. The highest BCUT2D eigenvalue weighted by Gasteiger charge is 2.40. The van der Waals surface area contributed by atoms with E-state index in [2.05, 4.69) is 10.4 Å². The van der Waals surface area contributed by atoms with Crippen molar-refractivity contribution in [2.75, 3.05) is 5.32 Å². The number of nitrogens with zero attached hydrogens (tertiary/aromatic N) is 2. The van der Waals surface area contributed by atoms with E-state index in [9.17, 15) is 18.0 Å². The van der Waals surface area contributed by atoms with E-state index in [1.54, 1.807) is 30.3 Å². The monoisotopic (exact) mass is 359 g/mol. The summed E-state index contributed by atoms with van der Waals surface area (Å²) in [5.74, 6) is -0.858. The third kappa shape index (κ3) is 3.61. The zero-order valence-electron chi connectivity index (χ0n) is 13.9. The number of aromatic nitrogens is 2. The minimum absolute atomic E-state index is 0.228. The van der Waals surface area contributed by atoms with Crippen LogP contribution in [0.1, 0.15) is 28.5 Å². The van der Waals surface area contributed by atoms with Crippen molar-refractivity contribution in [2.45, 2.75) is 19.5 Å². The summed E-state index contributed by atoms with van der Waals surface area (Å²) in [7, 11) is 0. The van der Waals surface area contributed by atoms with Gasteiger partial charge < -0.3 is 5.32 Å². The van der Waals surface area contributed by atoms with Crippen LogP contribution in [0.4, 0.5) is 18.9 Å². The van der Waals surface area contributed by atoms with E-state index < -0.39 is 23.3 Å². The van der Waals surface area contributed by atoms with E-state index in [1.807, 2.05) is 19.1 Å². The first-order chi connectivity index (χ1) is 12.4.